The van der Waals surface area contributed by atoms with Crippen molar-refractivity contribution in [2.45, 2.75) is 26.7 Å². The van der Waals surface area contributed by atoms with Crippen LogP contribution in [0.25, 0.3) is 0 Å². The lowest BCUT2D eigenvalue weighted by Crippen LogP contribution is -2.39. The molecule has 1 aliphatic rings. The highest BCUT2D eigenvalue weighted by Gasteiger charge is 2.34. The predicted octanol–water partition coefficient (Wildman–Crippen LogP) is 1.63. The van der Waals surface area contributed by atoms with Crippen molar-refractivity contribution in [2.75, 3.05) is 6.54 Å². The van der Waals surface area contributed by atoms with Crippen LogP contribution in [-0.4, -0.2) is 6.54 Å². The van der Waals surface area contributed by atoms with Gasteiger partial charge in [-0.05, 0) is 30.7 Å². The molecule has 0 amide bonds. The van der Waals surface area contributed by atoms with E-state index in [4.69, 9.17) is 5.73 Å². The molecular formula is C8H17N. The SMILES string of the molecule is CCC1CC(C)C1CN. The molecule has 0 bridgehead atoms. The summed E-state index contributed by atoms with van der Waals surface area (Å²) in [6.07, 6.45) is 2.74. The van der Waals surface area contributed by atoms with E-state index in [1.807, 2.05) is 0 Å². The molecule has 1 aliphatic carbocycles. The highest BCUT2D eigenvalue weighted by atomic mass is 14.6. The second-order valence-electron chi connectivity index (χ2n) is 3.28. The number of nitrogens with two attached hydrogens (primary N) is 1. The van der Waals surface area contributed by atoms with Gasteiger partial charge in [0.25, 0.3) is 0 Å². The van der Waals surface area contributed by atoms with Crippen LogP contribution in [0.3, 0.4) is 0 Å². The van der Waals surface area contributed by atoms with Crippen molar-refractivity contribution in [1.82, 2.24) is 0 Å². The Labute approximate surface area is 57.6 Å². The third kappa shape index (κ3) is 1.11. The molecule has 0 heterocycles. The van der Waals surface area contributed by atoms with Gasteiger partial charge in [-0.3, -0.25) is 0 Å². The first-order chi connectivity index (χ1) is 4.29. The molecule has 3 unspecified atom stereocenters. The van der Waals surface area contributed by atoms with Gasteiger partial charge < -0.3 is 5.73 Å². The second-order valence-corrected chi connectivity index (χ2v) is 3.28. The van der Waals surface area contributed by atoms with Crippen molar-refractivity contribution < 1.29 is 0 Å². The minimum atomic E-state index is 0.843. The molecule has 2 N–H and O–H groups in total. The van der Waals surface area contributed by atoms with Crippen LogP contribution in [0.15, 0.2) is 0 Å². The summed E-state index contributed by atoms with van der Waals surface area (Å²) in [7, 11) is 0. The van der Waals surface area contributed by atoms with Crippen LogP contribution >= 0.6 is 0 Å². The molecule has 9 heavy (non-hydrogen) atoms. The molecule has 1 saturated carbocycles. The number of rotatable bonds is 2. The molecule has 0 aromatic carbocycles. The van der Waals surface area contributed by atoms with Gasteiger partial charge in [0.05, 0.1) is 0 Å². The Bertz CT molecular complexity index is 90.6. The molecule has 0 aliphatic heterocycles. The Hall–Kier alpha value is -0.0400. The fourth-order valence-electron chi connectivity index (χ4n) is 1.99. The third-order valence-electron chi connectivity index (χ3n) is 2.81. The highest BCUT2D eigenvalue weighted by molar-refractivity contribution is 4.85. The summed E-state index contributed by atoms with van der Waals surface area (Å²) in [6.45, 7) is 5.47. The molecule has 0 saturated heterocycles. The summed E-state index contributed by atoms with van der Waals surface area (Å²) in [5.74, 6) is 2.69. The van der Waals surface area contributed by atoms with Gasteiger partial charge in [-0.1, -0.05) is 20.3 Å². The Morgan fingerprint density at radius 2 is 2.22 bits per heavy atom. The maximum Gasteiger partial charge on any atom is -0.00437 e. The van der Waals surface area contributed by atoms with Crippen molar-refractivity contribution in [3.8, 4) is 0 Å². The van der Waals surface area contributed by atoms with Gasteiger partial charge in [0.1, 0.15) is 0 Å². The lowest BCUT2D eigenvalue weighted by Gasteiger charge is -2.42. The summed E-state index contributed by atoms with van der Waals surface area (Å²) in [6, 6.07) is 0. The first kappa shape index (κ1) is 7.07. The van der Waals surface area contributed by atoms with Gasteiger partial charge in [-0.2, -0.15) is 0 Å². The van der Waals surface area contributed by atoms with E-state index in [0.29, 0.717) is 0 Å². The van der Waals surface area contributed by atoms with Gasteiger partial charge in [0, 0.05) is 0 Å². The van der Waals surface area contributed by atoms with Crippen molar-refractivity contribution in [3.63, 3.8) is 0 Å². The summed E-state index contributed by atoms with van der Waals surface area (Å²) in [5.41, 5.74) is 5.59. The minimum Gasteiger partial charge on any atom is -0.330 e. The normalized spacial score (nSPS) is 42.3. The van der Waals surface area contributed by atoms with E-state index in [2.05, 4.69) is 13.8 Å². The van der Waals surface area contributed by atoms with Crippen LogP contribution in [0.5, 0.6) is 0 Å². The first-order valence-electron chi connectivity index (χ1n) is 3.99. The summed E-state index contributed by atoms with van der Waals surface area (Å²) in [4.78, 5) is 0. The summed E-state index contributed by atoms with van der Waals surface area (Å²) < 4.78 is 0. The summed E-state index contributed by atoms with van der Waals surface area (Å²) >= 11 is 0. The van der Waals surface area contributed by atoms with Crippen LogP contribution in [0.2, 0.25) is 0 Å². The van der Waals surface area contributed by atoms with E-state index in [9.17, 15) is 0 Å². The van der Waals surface area contributed by atoms with Gasteiger partial charge in [-0.15, -0.1) is 0 Å². The fourth-order valence-corrected chi connectivity index (χ4v) is 1.99. The fraction of sp³-hybridized carbons (Fsp3) is 1.00. The standard InChI is InChI=1S/C8H17N/c1-3-7-4-6(2)8(7)5-9/h6-8H,3-5,9H2,1-2H3. The van der Waals surface area contributed by atoms with Crippen molar-refractivity contribution in [3.05, 3.63) is 0 Å². The zero-order chi connectivity index (χ0) is 6.85. The third-order valence-corrected chi connectivity index (χ3v) is 2.81. The zero-order valence-corrected chi connectivity index (χ0v) is 6.43. The van der Waals surface area contributed by atoms with Crippen LogP contribution in [0, 0.1) is 17.8 Å². The largest absolute Gasteiger partial charge is 0.330 e. The molecule has 1 fully saturated rings. The topological polar surface area (TPSA) is 26.0 Å². The Morgan fingerprint density at radius 3 is 2.44 bits per heavy atom. The molecule has 1 heteroatoms. The zero-order valence-electron chi connectivity index (χ0n) is 6.43. The first-order valence-corrected chi connectivity index (χ1v) is 3.99. The van der Waals surface area contributed by atoms with E-state index in [0.717, 1.165) is 24.3 Å². The van der Waals surface area contributed by atoms with Crippen molar-refractivity contribution in [2.24, 2.45) is 23.5 Å². The molecule has 3 atom stereocenters. The van der Waals surface area contributed by atoms with E-state index in [1.54, 1.807) is 0 Å². The predicted molar refractivity (Wildman–Crippen MR) is 40.1 cm³/mol. The van der Waals surface area contributed by atoms with Crippen LogP contribution in [0.1, 0.15) is 26.7 Å². The molecule has 0 spiro atoms. The van der Waals surface area contributed by atoms with E-state index in [-0.39, 0.29) is 0 Å². The van der Waals surface area contributed by atoms with Gasteiger partial charge in [0.15, 0.2) is 0 Å². The quantitative estimate of drug-likeness (QED) is 0.599. The molecular weight excluding hydrogens is 110 g/mol. The van der Waals surface area contributed by atoms with Crippen LogP contribution < -0.4 is 5.73 Å². The number of hydrogen-bond acceptors (Lipinski definition) is 1. The Kier molecular flexibility index (Phi) is 2.12. The van der Waals surface area contributed by atoms with Gasteiger partial charge in [-0.25, -0.2) is 0 Å². The van der Waals surface area contributed by atoms with Gasteiger partial charge in [0.2, 0.25) is 0 Å². The average Bonchev–Trinajstić information content (AvgIpc) is 1.83. The minimum absolute atomic E-state index is 0.843. The van der Waals surface area contributed by atoms with E-state index < -0.39 is 0 Å². The highest BCUT2D eigenvalue weighted by Crippen LogP contribution is 2.40. The maximum absolute atomic E-state index is 5.59. The molecule has 1 nitrogen and oxygen atoms in total. The van der Waals surface area contributed by atoms with Crippen molar-refractivity contribution >= 4 is 0 Å². The molecule has 0 aromatic heterocycles. The molecule has 0 radical (unpaired) electrons. The monoisotopic (exact) mass is 127 g/mol. The Morgan fingerprint density at radius 1 is 1.56 bits per heavy atom. The lowest BCUT2D eigenvalue weighted by atomic mass is 9.65. The molecule has 54 valence electrons. The lowest BCUT2D eigenvalue weighted by molar-refractivity contribution is 0.0901. The number of hydrogen-bond donors (Lipinski definition) is 1. The van der Waals surface area contributed by atoms with Crippen LogP contribution in [0.4, 0.5) is 0 Å². The second kappa shape index (κ2) is 2.70. The maximum atomic E-state index is 5.59. The van der Waals surface area contributed by atoms with E-state index >= 15 is 0 Å². The Balaban J connectivity index is 2.29. The van der Waals surface area contributed by atoms with E-state index in [1.165, 1.54) is 12.8 Å². The smallest absolute Gasteiger partial charge is 0.00437 e. The van der Waals surface area contributed by atoms with Crippen molar-refractivity contribution in [1.29, 1.82) is 0 Å². The average molecular weight is 127 g/mol. The molecule has 1 rings (SSSR count). The van der Waals surface area contributed by atoms with Crippen LogP contribution in [-0.2, 0) is 0 Å². The summed E-state index contributed by atoms with van der Waals surface area (Å²) in [5, 5.41) is 0. The van der Waals surface area contributed by atoms with Gasteiger partial charge >= 0.3 is 0 Å². The molecule has 0 aromatic rings.